The second-order valence-corrected chi connectivity index (χ2v) is 10.2. The van der Waals surface area contributed by atoms with Gasteiger partial charge in [-0.3, -0.25) is 0 Å². The molecule has 0 spiro atoms. The van der Waals surface area contributed by atoms with Gasteiger partial charge in [0.05, 0.1) is 11.1 Å². The summed E-state index contributed by atoms with van der Waals surface area (Å²) in [6.07, 6.45) is 0. The van der Waals surface area contributed by atoms with Crippen LogP contribution >= 0.6 is 0 Å². The van der Waals surface area contributed by atoms with E-state index in [9.17, 15) is 9.59 Å². The molecular formula is C42H26O5. The van der Waals surface area contributed by atoms with Gasteiger partial charge in [-0.15, -0.1) is 0 Å². The number of carbonyl (C=O) groups excluding carboxylic acids is 2. The van der Waals surface area contributed by atoms with E-state index in [2.05, 4.69) is 23.7 Å². The van der Waals surface area contributed by atoms with E-state index < -0.39 is 11.9 Å². The molecule has 5 heteroatoms. The third-order valence-corrected chi connectivity index (χ3v) is 6.71. The van der Waals surface area contributed by atoms with Gasteiger partial charge in [-0.2, -0.15) is 0 Å². The minimum absolute atomic E-state index is 0.164. The van der Waals surface area contributed by atoms with E-state index in [4.69, 9.17) is 14.2 Å². The van der Waals surface area contributed by atoms with Crippen LogP contribution in [-0.4, -0.2) is 11.9 Å². The van der Waals surface area contributed by atoms with Crippen molar-refractivity contribution in [2.45, 2.75) is 0 Å². The monoisotopic (exact) mass is 610 g/mol. The van der Waals surface area contributed by atoms with Crippen molar-refractivity contribution in [3.05, 3.63) is 191 Å². The zero-order chi connectivity index (χ0) is 32.3. The van der Waals surface area contributed by atoms with Gasteiger partial charge in [0.25, 0.3) is 0 Å². The van der Waals surface area contributed by atoms with Gasteiger partial charge in [-0.05, 0) is 97.1 Å². The first-order valence-corrected chi connectivity index (χ1v) is 14.7. The molecule has 0 atom stereocenters. The Bertz CT molecular complexity index is 2010. The highest BCUT2D eigenvalue weighted by atomic mass is 16.6. The summed E-state index contributed by atoms with van der Waals surface area (Å²) < 4.78 is 17.2. The maximum absolute atomic E-state index is 12.9. The zero-order valence-corrected chi connectivity index (χ0v) is 25.1. The highest BCUT2D eigenvalue weighted by Gasteiger charge is 2.17. The summed E-state index contributed by atoms with van der Waals surface area (Å²) >= 11 is 0. The van der Waals surface area contributed by atoms with Gasteiger partial charge in [-0.25, -0.2) is 9.59 Å². The Hall–Kier alpha value is -6.82. The molecule has 0 unspecified atom stereocenters. The zero-order valence-electron chi connectivity index (χ0n) is 25.1. The molecule has 0 bridgehead atoms. The van der Waals surface area contributed by atoms with Crippen LogP contribution in [0.2, 0.25) is 0 Å². The first kappa shape index (κ1) is 30.2. The highest BCUT2D eigenvalue weighted by molar-refractivity contribution is 6.02. The van der Waals surface area contributed by atoms with Crippen LogP contribution in [0.15, 0.2) is 158 Å². The van der Waals surface area contributed by atoms with E-state index in [0.29, 0.717) is 23.0 Å². The van der Waals surface area contributed by atoms with E-state index in [0.717, 1.165) is 22.3 Å². The SMILES string of the molecule is O=C(OC(=O)c1cccc(Oc2cccc(C#Cc3ccccc3)c2)c1)c1cccc(Oc2cccc(C#Cc3ccccc3)c2)c1. The minimum atomic E-state index is -0.807. The Morgan fingerprint density at radius 2 is 0.702 bits per heavy atom. The summed E-state index contributed by atoms with van der Waals surface area (Å²) in [7, 11) is 0. The van der Waals surface area contributed by atoms with E-state index in [-0.39, 0.29) is 11.1 Å². The van der Waals surface area contributed by atoms with E-state index in [1.165, 1.54) is 12.1 Å². The molecule has 224 valence electrons. The maximum Gasteiger partial charge on any atom is 0.346 e. The number of ether oxygens (including phenoxy) is 3. The van der Waals surface area contributed by atoms with Crippen LogP contribution in [0.5, 0.6) is 23.0 Å². The standard InChI is InChI=1S/C42H26O5/c43-41(35-17-9-21-39(29-35)45-37-19-7-15-33(27-37)25-23-31-11-3-1-4-12-31)47-42(44)36-18-10-22-40(30-36)46-38-20-8-16-34(28-38)26-24-32-13-5-2-6-14-32/h1-22,27-30H. The molecule has 0 heterocycles. The smallest absolute Gasteiger partial charge is 0.346 e. The van der Waals surface area contributed by atoms with Crippen molar-refractivity contribution >= 4 is 11.9 Å². The summed E-state index contributed by atoms with van der Waals surface area (Å²) in [5.41, 5.74) is 3.71. The number of benzene rings is 6. The van der Waals surface area contributed by atoms with Crippen molar-refractivity contribution in [1.29, 1.82) is 0 Å². The van der Waals surface area contributed by atoms with Crippen LogP contribution in [0.4, 0.5) is 0 Å². The molecule has 0 fully saturated rings. The third-order valence-electron chi connectivity index (χ3n) is 6.71. The number of esters is 2. The van der Waals surface area contributed by atoms with Crippen molar-refractivity contribution in [1.82, 2.24) is 0 Å². The molecule has 0 aliphatic heterocycles. The van der Waals surface area contributed by atoms with Crippen LogP contribution in [-0.2, 0) is 4.74 Å². The highest BCUT2D eigenvalue weighted by Crippen LogP contribution is 2.25. The van der Waals surface area contributed by atoms with E-state index in [1.807, 2.05) is 97.1 Å². The van der Waals surface area contributed by atoms with Gasteiger partial charge in [-0.1, -0.05) is 84.3 Å². The fourth-order valence-corrected chi connectivity index (χ4v) is 4.45. The van der Waals surface area contributed by atoms with E-state index in [1.54, 1.807) is 48.5 Å². The Balaban J connectivity index is 1.09. The number of rotatable bonds is 6. The number of hydrogen-bond donors (Lipinski definition) is 0. The molecule has 0 saturated carbocycles. The fraction of sp³-hybridized carbons (Fsp3) is 0. The molecule has 0 saturated heterocycles. The van der Waals surface area contributed by atoms with Crippen LogP contribution in [0.1, 0.15) is 43.0 Å². The maximum atomic E-state index is 12.9. The fourth-order valence-electron chi connectivity index (χ4n) is 4.45. The lowest BCUT2D eigenvalue weighted by Gasteiger charge is -2.09. The Labute approximate surface area is 273 Å². The molecule has 6 aromatic rings. The average Bonchev–Trinajstić information content (AvgIpc) is 3.11. The molecule has 47 heavy (non-hydrogen) atoms. The van der Waals surface area contributed by atoms with Crippen molar-refractivity contribution in [3.8, 4) is 46.7 Å². The Kier molecular flexibility index (Phi) is 9.50. The lowest BCUT2D eigenvalue weighted by Crippen LogP contribution is -2.13. The molecule has 0 aliphatic rings. The summed E-state index contributed by atoms with van der Waals surface area (Å²) in [4.78, 5) is 25.8. The first-order chi connectivity index (χ1) is 23.1. The Morgan fingerprint density at radius 3 is 1.13 bits per heavy atom. The summed E-state index contributed by atoms with van der Waals surface area (Å²) in [5, 5.41) is 0. The second kappa shape index (κ2) is 14.8. The van der Waals surface area contributed by atoms with Crippen molar-refractivity contribution in [2.24, 2.45) is 0 Å². The summed E-state index contributed by atoms with van der Waals surface area (Å²) in [6.45, 7) is 0. The van der Waals surface area contributed by atoms with Gasteiger partial charge in [0, 0.05) is 22.3 Å². The normalized spacial score (nSPS) is 9.96. The van der Waals surface area contributed by atoms with Crippen molar-refractivity contribution in [2.75, 3.05) is 0 Å². The molecule has 0 radical (unpaired) electrons. The molecule has 6 aromatic carbocycles. The largest absolute Gasteiger partial charge is 0.457 e. The predicted molar refractivity (Wildman–Crippen MR) is 181 cm³/mol. The molecule has 5 nitrogen and oxygen atoms in total. The van der Waals surface area contributed by atoms with Crippen LogP contribution in [0.25, 0.3) is 0 Å². The van der Waals surface area contributed by atoms with Crippen LogP contribution < -0.4 is 9.47 Å². The Morgan fingerprint density at radius 1 is 0.362 bits per heavy atom. The number of carbonyl (C=O) groups is 2. The summed E-state index contributed by atoms with van der Waals surface area (Å²) in [6, 6.07) is 47.0. The van der Waals surface area contributed by atoms with Gasteiger partial charge in [0.15, 0.2) is 0 Å². The molecule has 0 N–H and O–H groups in total. The average molecular weight is 611 g/mol. The van der Waals surface area contributed by atoms with Crippen molar-refractivity contribution < 1.29 is 23.8 Å². The van der Waals surface area contributed by atoms with Gasteiger partial charge < -0.3 is 14.2 Å². The lowest BCUT2D eigenvalue weighted by molar-refractivity contribution is 0.0397. The molecule has 6 rings (SSSR count). The van der Waals surface area contributed by atoms with Gasteiger partial charge >= 0.3 is 11.9 Å². The summed E-state index contributed by atoms with van der Waals surface area (Å²) in [5.74, 6) is 12.8. The van der Waals surface area contributed by atoms with Crippen LogP contribution in [0.3, 0.4) is 0 Å². The lowest BCUT2D eigenvalue weighted by atomic mass is 10.1. The molecule has 0 aliphatic carbocycles. The number of hydrogen-bond acceptors (Lipinski definition) is 5. The molecular weight excluding hydrogens is 584 g/mol. The molecule has 0 amide bonds. The quantitative estimate of drug-likeness (QED) is 0.107. The van der Waals surface area contributed by atoms with Crippen LogP contribution in [0, 0.1) is 23.7 Å². The van der Waals surface area contributed by atoms with Gasteiger partial charge in [0.1, 0.15) is 23.0 Å². The van der Waals surface area contributed by atoms with Gasteiger partial charge in [0.2, 0.25) is 0 Å². The third kappa shape index (κ3) is 8.64. The van der Waals surface area contributed by atoms with E-state index >= 15 is 0 Å². The predicted octanol–water partition coefficient (Wildman–Crippen LogP) is 9.07. The second-order valence-electron chi connectivity index (χ2n) is 10.2. The van der Waals surface area contributed by atoms with Crippen molar-refractivity contribution in [3.63, 3.8) is 0 Å². The topological polar surface area (TPSA) is 61.8 Å². The molecule has 0 aromatic heterocycles. The minimum Gasteiger partial charge on any atom is -0.457 e. The first-order valence-electron chi connectivity index (χ1n) is 14.7.